The van der Waals surface area contributed by atoms with Crippen LogP contribution in [0.4, 0.5) is 5.69 Å². The van der Waals surface area contributed by atoms with Crippen molar-refractivity contribution >= 4 is 15.5 Å². The molecule has 1 fully saturated rings. The molecule has 118 valence electrons. The van der Waals surface area contributed by atoms with Gasteiger partial charge in [0.2, 0.25) is 0 Å². The van der Waals surface area contributed by atoms with Crippen LogP contribution in [-0.4, -0.2) is 46.2 Å². The standard InChI is InChI=1S/C15H24N2O3S/c1-12-11-14(17-7-5-13(16)6-8-17)3-4-15(12)20-9-10-21(2,18)19/h3-4,11,13H,5-10,16H2,1-2H3. The van der Waals surface area contributed by atoms with Gasteiger partial charge >= 0.3 is 0 Å². The molecule has 1 saturated heterocycles. The van der Waals surface area contributed by atoms with E-state index in [1.165, 1.54) is 11.9 Å². The van der Waals surface area contributed by atoms with Gasteiger partial charge in [0.15, 0.2) is 9.84 Å². The molecule has 0 saturated carbocycles. The molecule has 1 aliphatic rings. The van der Waals surface area contributed by atoms with Crippen molar-refractivity contribution < 1.29 is 13.2 Å². The first-order chi connectivity index (χ1) is 9.85. The number of piperidine rings is 1. The van der Waals surface area contributed by atoms with Crippen molar-refractivity contribution in [3.63, 3.8) is 0 Å². The Balaban J connectivity index is 1.97. The second-order valence-electron chi connectivity index (χ2n) is 5.75. The molecule has 0 radical (unpaired) electrons. The van der Waals surface area contributed by atoms with E-state index in [0.717, 1.165) is 37.2 Å². The van der Waals surface area contributed by atoms with Crippen LogP contribution >= 0.6 is 0 Å². The third-order valence-electron chi connectivity index (χ3n) is 3.77. The van der Waals surface area contributed by atoms with Gasteiger partial charge in [0.05, 0.1) is 5.75 Å². The van der Waals surface area contributed by atoms with Gasteiger partial charge in [-0.1, -0.05) is 0 Å². The molecule has 6 heteroatoms. The lowest BCUT2D eigenvalue weighted by atomic mass is 10.0. The number of ether oxygens (including phenoxy) is 1. The molecule has 2 N–H and O–H groups in total. The average molecular weight is 312 g/mol. The molecule has 0 atom stereocenters. The van der Waals surface area contributed by atoms with Crippen molar-refractivity contribution in [1.29, 1.82) is 0 Å². The fourth-order valence-corrected chi connectivity index (χ4v) is 2.84. The van der Waals surface area contributed by atoms with Crippen molar-refractivity contribution in [1.82, 2.24) is 0 Å². The molecule has 0 amide bonds. The number of hydrogen-bond donors (Lipinski definition) is 1. The van der Waals surface area contributed by atoms with Crippen molar-refractivity contribution in [2.24, 2.45) is 5.73 Å². The van der Waals surface area contributed by atoms with Gasteiger partial charge < -0.3 is 15.4 Å². The Kier molecular flexibility index (Phi) is 5.11. The SMILES string of the molecule is Cc1cc(N2CCC(N)CC2)ccc1OCCS(C)(=O)=O. The summed E-state index contributed by atoms with van der Waals surface area (Å²) < 4.78 is 27.7. The maximum absolute atomic E-state index is 11.1. The molecule has 0 aliphatic carbocycles. The number of aryl methyl sites for hydroxylation is 1. The molecule has 0 aromatic heterocycles. The first-order valence-electron chi connectivity index (χ1n) is 7.27. The lowest BCUT2D eigenvalue weighted by Crippen LogP contribution is -2.39. The smallest absolute Gasteiger partial charge is 0.150 e. The number of anilines is 1. The first-order valence-corrected chi connectivity index (χ1v) is 9.33. The van der Waals surface area contributed by atoms with Gasteiger partial charge in [0.1, 0.15) is 12.4 Å². The van der Waals surface area contributed by atoms with Crippen LogP contribution in [0.1, 0.15) is 18.4 Å². The lowest BCUT2D eigenvalue weighted by Gasteiger charge is -2.32. The summed E-state index contributed by atoms with van der Waals surface area (Å²) in [6.45, 7) is 4.14. The van der Waals surface area contributed by atoms with E-state index in [4.69, 9.17) is 10.5 Å². The summed E-state index contributed by atoms with van der Waals surface area (Å²) in [6.07, 6.45) is 3.25. The summed E-state index contributed by atoms with van der Waals surface area (Å²) in [6, 6.07) is 6.36. The number of sulfone groups is 1. The average Bonchev–Trinajstić information content (AvgIpc) is 2.40. The quantitative estimate of drug-likeness (QED) is 0.888. The van der Waals surface area contributed by atoms with Crippen LogP contribution in [0.15, 0.2) is 18.2 Å². The highest BCUT2D eigenvalue weighted by Crippen LogP contribution is 2.26. The van der Waals surface area contributed by atoms with E-state index in [9.17, 15) is 8.42 Å². The van der Waals surface area contributed by atoms with Crippen LogP contribution < -0.4 is 15.4 Å². The van der Waals surface area contributed by atoms with Gasteiger partial charge in [-0.05, 0) is 43.5 Å². The summed E-state index contributed by atoms with van der Waals surface area (Å²) in [5.41, 5.74) is 8.12. The predicted octanol–water partition coefficient (Wildman–Crippen LogP) is 1.35. The van der Waals surface area contributed by atoms with Crippen LogP contribution in [0.2, 0.25) is 0 Å². The highest BCUT2D eigenvalue weighted by molar-refractivity contribution is 7.90. The predicted molar refractivity (Wildman–Crippen MR) is 85.8 cm³/mol. The van der Waals surface area contributed by atoms with Gasteiger partial charge in [-0.3, -0.25) is 0 Å². The van der Waals surface area contributed by atoms with E-state index in [1.54, 1.807) is 0 Å². The van der Waals surface area contributed by atoms with Gasteiger partial charge in [0.25, 0.3) is 0 Å². The summed E-state index contributed by atoms with van der Waals surface area (Å²) >= 11 is 0. The molecular weight excluding hydrogens is 288 g/mol. The minimum absolute atomic E-state index is 0.0399. The summed E-state index contributed by atoms with van der Waals surface area (Å²) in [5.74, 6) is 0.786. The number of benzene rings is 1. The van der Waals surface area contributed by atoms with Crippen molar-refractivity contribution in [3.05, 3.63) is 23.8 Å². The molecule has 2 rings (SSSR count). The molecule has 5 nitrogen and oxygen atoms in total. The fraction of sp³-hybridized carbons (Fsp3) is 0.600. The van der Waals surface area contributed by atoms with Gasteiger partial charge in [0, 0.05) is 31.1 Å². The van der Waals surface area contributed by atoms with E-state index in [0.29, 0.717) is 6.04 Å². The minimum atomic E-state index is -2.98. The zero-order valence-electron chi connectivity index (χ0n) is 12.7. The van der Waals surface area contributed by atoms with Crippen molar-refractivity contribution in [3.8, 4) is 5.75 Å². The van der Waals surface area contributed by atoms with Crippen LogP contribution in [0, 0.1) is 6.92 Å². The Morgan fingerprint density at radius 3 is 2.57 bits per heavy atom. The Morgan fingerprint density at radius 1 is 1.33 bits per heavy atom. The van der Waals surface area contributed by atoms with Gasteiger partial charge in [-0.25, -0.2) is 8.42 Å². The highest BCUT2D eigenvalue weighted by atomic mass is 32.2. The van der Waals surface area contributed by atoms with Crippen molar-refractivity contribution in [2.75, 3.05) is 36.6 Å². The molecule has 21 heavy (non-hydrogen) atoms. The number of nitrogens with zero attached hydrogens (tertiary/aromatic N) is 1. The second-order valence-corrected chi connectivity index (χ2v) is 8.01. The molecule has 1 heterocycles. The zero-order valence-corrected chi connectivity index (χ0v) is 13.5. The van der Waals surface area contributed by atoms with E-state index < -0.39 is 9.84 Å². The topological polar surface area (TPSA) is 72.6 Å². The number of rotatable bonds is 5. The summed E-state index contributed by atoms with van der Waals surface area (Å²) in [5, 5.41) is 0. The Morgan fingerprint density at radius 2 is 2.00 bits per heavy atom. The molecule has 1 aromatic rings. The third kappa shape index (κ3) is 4.89. The molecule has 1 aromatic carbocycles. The maximum Gasteiger partial charge on any atom is 0.150 e. The Hall–Kier alpha value is -1.27. The number of nitrogens with two attached hydrogens (primary N) is 1. The van der Waals surface area contributed by atoms with E-state index in [-0.39, 0.29) is 12.4 Å². The molecule has 1 aliphatic heterocycles. The third-order valence-corrected chi connectivity index (χ3v) is 4.68. The molecular formula is C15H24N2O3S. The molecule has 0 spiro atoms. The van der Waals surface area contributed by atoms with Crippen LogP contribution in [0.25, 0.3) is 0 Å². The van der Waals surface area contributed by atoms with E-state index >= 15 is 0 Å². The largest absolute Gasteiger partial charge is 0.492 e. The fourth-order valence-electron chi connectivity index (χ4n) is 2.45. The zero-order chi connectivity index (χ0) is 15.5. The lowest BCUT2D eigenvalue weighted by molar-refractivity contribution is 0.338. The van der Waals surface area contributed by atoms with Crippen LogP contribution in [0.3, 0.4) is 0 Å². The van der Waals surface area contributed by atoms with Crippen LogP contribution in [0.5, 0.6) is 5.75 Å². The summed E-state index contributed by atoms with van der Waals surface area (Å²) in [4.78, 5) is 2.33. The Bertz CT molecular complexity index is 579. The molecule has 0 unspecified atom stereocenters. The van der Waals surface area contributed by atoms with E-state index in [1.807, 2.05) is 19.1 Å². The van der Waals surface area contributed by atoms with Crippen LogP contribution in [-0.2, 0) is 9.84 Å². The normalized spacial score (nSPS) is 17.0. The van der Waals surface area contributed by atoms with Crippen molar-refractivity contribution in [2.45, 2.75) is 25.8 Å². The maximum atomic E-state index is 11.1. The summed E-state index contributed by atoms with van der Waals surface area (Å²) in [7, 11) is -2.98. The highest BCUT2D eigenvalue weighted by Gasteiger charge is 2.17. The van der Waals surface area contributed by atoms with Gasteiger partial charge in [-0.15, -0.1) is 0 Å². The minimum Gasteiger partial charge on any atom is -0.492 e. The molecule has 0 bridgehead atoms. The number of hydrogen-bond acceptors (Lipinski definition) is 5. The monoisotopic (exact) mass is 312 g/mol. The second kappa shape index (κ2) is 6.66. The Labute approximate surface area is 127 Å². The first kappa shape index (κ1) is 16.1. The van der Waals surface area contributed by atoms with Gasteiger partial charge in [-0.2, -0.15) is 0 Å². The van der Waals surface area contributed by atoms with E-state index in [2.05, 4.69) is 11.0 Å².